The molecule has 6 nitrogen and oxygen atoms in total. The Labute approximate surface area is 128 Å². The summed E-state index contributed by atoms with van der Waals surface area (Å²) in [5, 5.41) is 5.80. The molecule has 0 radical (unpaired) electrons. The van der Waals surface area contributed by atoms with E-state index < -0.39 is 0 Å². The Bertz CT molecular complexity index is 660. The molecule has 1 aromatic carbocycles. The summed E-state index contributed by atoms with van der Waals surface area (Å²) >= 11 is 0. The van der Waals surface area contributed by atoms with Gasteiger partial charge in [-0.2, -0.15) is 0 Å². The van der Waals surface area contributed by atoms with Crippen LogP contribution in [0.2, 0.25) is 0 Å². The number of aromatic nitrogens is 2. The van der Waals surface area contributed by atoms with Gasteiger partial charge in [0.2, 0.25) is 5.91 Å². The summed E-state index contributed by atoms with van der Waals surface area (Å²) in [6, 6.07) is 6.15. The molecule has 0 spiro atoms. The highest BCUT2D eigenvalue weighted by Crippen LogP contribution is 2.29. The number of anilines is 1. The van der Waals surface area contributed by atoms with Gasteiger partial charge in [-0.1, -0.05) is 12.1 Å². The highest BCUT2D eigenvalue weighted by atomic mass is 16.5. The van der Waals surface area contributed by atoms with Crippen LogP contribution in [0.15, 0.2) is 36.8 Å². The molecule has 1 aliphatic rings. The monoisotopic (exact) mass is 298 g/mol. The summed E-state index contributed by atoms with van der Waals surface area (Å²) in [5.41, 5.74) is 2.37. The molecular weight excluding hydrogens is 280 g/mol. The molecule has 1 aromatic heterocycles. The van der Waals surface area contributed by atoms with Crippen LogP contribution in [0.4, 0.5) is 5.82 Å². The van der Waals surface area contributed by atoms with E-state index in [1.54, 1.807) is 6.20 Å². The van der Waals surface area contributed by atoms with Crippen molar-refractivity contribution < 1.29 is 9.53 Å². The maximum absolute atomic E-state index is 11.8. The van der Waals surface area contributed by atoms with Crippen LogP contribution in [0, 0.1) is 0 Å². The van der Waals surface area contributed by atoms with Gasteiger partial charge in [-0.15, -0.1) is 0 Å². The van der Waals surface area contributed by atoms with Gasteiger partial charge in [0.25, 0.3) is 0 Å². The number of rotatable bonds is 5. The molecule has 6 heteroatoms. The molecule has 1 atom stereocenters. The molecule has 2 heterocycles. The van der Waals surface area contributed by atoms with Crippen molar-refractivity contribution in [2.45, 2.75) is 26.0 Å². The number of nitrogens with zero attached hydrogens (tertiary/aromatic N) is 2. The van der Waals surface area contributed by atoms with Gasteiger partial charge in [-0.3, -0.25) is 9.78 Å². The zero-order valence-corrected chi connectivity index (χ0v) is 12.4. The summed E-state index contributed by atoms with van der Waals surface area (Å²) in [7, 11) is 0. The lowest BCUT2D eigenvalue weighted by Crippen LogP contribution is -2.28. The molecule has 0 aliphatic carbocycles. The molecule has 2 aromatic rings. The molecule has 0 unspecified atom stereocenters. The summed E-state index contributed by atoms with van der Waals surface area (Å²) in [5.74, 6) is 1.29. The Hall–Kier alpha value is -2.47. The standard InChI is InChI=1S/C16H18N4O2/c1-11-6-13-7-12(2-3-14(13)22-11)8-18-10-16(21)20-15-9-17-4-5-19-15/h2-5,7,9,11,18H,6,8,10H2,1H3,(H,19,20,21)/t11-/m0/s1. The number of amides is 1. The van der Waals surface area contributed by atoms with Crippen molar-refractivity contribution in [1.29, 1.82) is 0 Å². The fourth-order valence-corrected chi connectivity index (χ4v) is 2.46. The molecule has 114 valence electrons. The average molecular weight is 298 g/mol. The van der Waals surface area contributed by atoms with Gasteiger partial charge in [0, 0.05) is 25.4 Å². The molecule has 3 rings (SSSR count). The fraction of sp³-hybridized carbons (Fsp3) is 0.312. The Balaban J connectivity index is 1.47. The molecule has 0 bridgehead atoms. The van der Waals surface area contributed by atoms with Crippen LogP contribution in [0.1, 0.15) is 18.1 Å². The quantitative estimate of drug-likeness (QED) is 0.875. The van der Waals surface area contributed by atoms with E-state index in [0.29, 0.717) is 12.4 Å². The summed E-state index contributed by atoms with van der Waals surface area (Å²) < 4.78 is 5.67. The van der Waals surface area contributed by atoms with Gasteiger partial charge in [0.1, 0.15) is 11.9 Å². The molecule has 0 fully saturated rings. The minimum atomic E-state index is -0.140. The van der Waals surface area contributed by atoms with Crippen molar-refractivity contribution in [1.82, 2.24) is 15.3 Å². The number of carbonyl (C=O) groups is 1. The largest absolute Gasteiger partial charge is 0.490 e. The molecule has 1 aliphatic heterocycles. The zero-order valence-electron chi connectivity index (χ0n) is 12.4. The Morgan fingerprint density at radius 2 is 2.32 bits per heavy atom. The van der Waals surface area contributed by atoms with Crippen LogP contribution >= 0.6 is 0 Å². The zero-order chi connectivity index (χ0) is 15.4. The van der Waals surface area contributed by atoms with Gasteiger partial charge >= 0.3 is 0 Å². The lowest BCUT2D eigenvalue weighted by atomic mass is 10.1. The van der Waals surface area contributed by atoms with E-state index in [9.17, 15) is 4.79 Å². The Morgan fingerprint density at radius 1 is 1.41 bits per heavy atom. The number of hydrogen-bond donors (Lipinski definition) is 2. The van der Waals surface area contributed by atoms with Crippen LogP contribution in [0.25, 0.3) is 0 Å². The second-order valence-corrected chi connectivity index (χ2v) is 5.32. The van der Waals surface area contributed by atoms with E-state index in [-0.39, 0.29) is 18.6 Å². The van der Waals surface area contributed by atoms with E-state index in [2.05, 4.69) is 33.6 Å². The smallest absolute Gasteiger partial charge is 0.239 e. The van der Waals surface area contributed by atoms with E-state index in [4.69, 9.17) is 4.74 Å². The number of fused-ring (bicyclic) bond motifs is 1. The molecule has 0 saturated heterocycles. The Morgan fingerprint density at radius 3 is 3.14 bits per heavy atom. The molecule has 1 amide bonds. The second kappa shape index (κ2) is 6.53. The van der Waals surface area contributed by atoms with Crippen molar-refractivity contribution in [3.8, 4) is 5.75 Å². The third-order valence-corrected chi connectivity index (χ3v) is 3.41. The normalized spacial score (nSPS) is 16.0. The predicted molar refractivity (Wildman–Crippen MR) is 82.6 cm³/mol. The fourth-order valence-electron chi connectivity index (χ4n) is 2.46. The van der Waals surface area contributed by atoms with E-state index in [1.165, 1.54) is 18.0 Å². The topological polar surface area (TPSA) is 76.1 Å². The molecule has 0 saturated carbocycles. The highest BCUT2D eigenvalue weighted by Gasteiger charge is 2.18. The van der Waals surface area contributed by atoms with Crippen LogP contribution in [0.3, 0.4) is 0 Å². The van der Waals surface area contributed by atoms with E-state index in [1.807, 2.05) is 12.1 Å². The van der Waals surface area contributed by atoms with Crippen molar-refractivity contribution in [3.05, 3.63) is 47.9 Å². The van der Waals surface area contributed by atoms with Crippen LogP contribution in [-0.2, 0) is 17.8 Å². The van der Waals surface area contributed by atoms with Gasteiger partial charge in [-0.05, 0) is 24.1 Å². The van der Waals surface area contributed by atoms with Gasteiger partial charge in [0.15, 0.2) is 5.82 Å². The van der Waals surface area contributed by atoms with Crippen LogP contribution < -0.4 is 15.4 Å². The minimum absolute atomic E-state index is 0.140. The summed E-state index contributed by atoms with van der Waals surface area (Å²) in [4.78, 5) is 19.7. The van der Waals surface area contributed by atoms with Gasteiger partial charge in [0.05, 0.1) is 12.7 Å². The maximum Gasteiger partial charge on any atom is 0.239 e. The minimum Gasteiger partial charge on any atom is -0.490 e. The van der Waals surface area contributed by atoms with E-state index in [0.717, 1.165) is 17.7 Å². The molecule has 22 heavy (non-hydrogen) atoms. The van der Waals surface area contributed by atoms with Gasteiger partial charge < -0.3 is 15.4 Å². The maximum atomic E-state index is 11.8. The second-order valence-electron chi connectivity index (χ2n) is 5.32. The first-order chi connectivity index (χ1) is 10.7. The van der Waals surface area contributed by atoms with Gasteiger partial charge in [-0.25, -0.2) is 4.98 Å². The number of ether oxygens (including phenoxy) is 1. The average Bonchev–Trinajstić information content (AvgIpc) is 2.87. The lowest BCUT2D eigenvalue weighted by molar-refractivity contribution is -0.115. The number of hydrogen-bond acceptors (Lipinski definition) is 5. The van der Waals surface area contributed by atoms with E-state index >= 15 is 0 Å². The highest BCUT2D eigenvalue weighted by molar-refractivity contribution is 5.91. The number of carbonyl (C=O) groups excluding carboxylic acids is 1. The third kappa shape index (κ3) is 3.59. The predicted octanol–water partition coefficient (Wildman–Crippen LogP) is 1.53. The number of nitrogens with one attached hydrogen (secondary N) is 2. The van der Waals surface area contributed by atoms with Crippen molar-refractivity contribution >= 4 is 11.7 Å². The molecule has 2 N–H and O–H groups in total. The van der Waals surface area contributed by atoms with Crippen molar-refractivity contribution in [2.24, 2.45) is 0 Å². The lowest BCUT2D eigenvalue weighted by Gasteiger charge is -2.07. The van der Waals surface area contributed by atoms with Crippen molar-refractivity contribution in [2.75, 3.05) is 11.9 Å². The summed E-state index contributed by atoms with van der Waals surface area (Å²) in [6.45, 7) is 2.92. The molecular formula is C16H18N4O2. The summed E-state index contributed by atoms with van der Waals surface area (Å²) in [6.07, 6.45) is 5.80. The first-order valence-electron chi connectivity index (χ1n) is 7.26. The van der Waals surface area contributed by atoms with Crippen molar-refractivity contribution in [3.63, 3.8) is 0 Å². The third-order valence-electron chi connectivity index (χ3n) is 3.41. The first kappa shape index (κ1) is 14.5. The SMILES string of the molecule is C[C@H]1Cc2cc(CNCC(=O)Nc3cnccn3)ccc2O1. The van der Waals surface area contributed by atoms with Crippen LogP contribution in [-0.4, -0.2) is 28.5 Å². The first-order valence-corrected chi connectivity index (χ1v) is 7.26. The van der Waals surface area contributed by atoms with Crippen LogP contribution in [0.5, 0.6) is 5.75 Å². The Kier molecular flexibility index (Phi) is 4.29. The number of benzene rings is 1.